The van der Waals surface area contributed by atoms with E-state index in [2.05, 4.69) is 10.3 Å². The predicted octanol–water partition coefficient (Wildman–Crippen LogP) is 6.69. The highest BCUT2D eigenvalue weighted by Gasteiger charge is 2.26. The molecule has 0 aliphatic heterocycles. The van der Waals surface area contributed by atoms with Crippen LogP contribution in [0.25, 0.3) is 23.0 Å². The standard InChI is InChI=1S/C24H26F3N3O/c1-4-6-17-13-20(28-11-10-24(25,26)27)23-29-14-21(30(23)15-17)18-8-9-19(16(3)12-18)22(31)7-5-2/h4,6,8-9,12-15,28H,5,7,10-11H2,1-3H3/b6-4+. The maximum Gasteiger partial charge on any atom is 0.390 e. The second-order valence-electron chi connectivity index (χ2n) is 7.52. The van der Waals surface area contributed by atoms with Gasteiger partial charge < -0.3 is 5.32 Å². The van der Waals surface area contributed by atoms with Crippen molar-refractivity contribution in [2.24, 2.45) is 0 Å². The second kappa shape index (κ2) is 9.37. The summed E-state index contributed by atoms with van der Waals surface area (Å²) in [6.45, 7) is 5.53. The van der Waals surface area contributed by atoms with Crippen LogP contribution in [0.5, 0.6) is 0 Å². The van der Waals surface area contributed by atoms with E-state index in [0.717, 1.165) is 28.8 Å². The number of hydrogen-bond donors (Lipinski definition) is 1. The Balaban J connectivity index is 2.02. The molecule has 0 aliphatic rings. The zero-order valence-electron chi connectivity index (χ0n) is 17.9. The van der Waals surface area contributed by atoms with Crippen molar-refractivity contribution in [1.82, 2.24) is 9.38 Å². The lowest BCUT2D eigenvalue weighted by molar-refractivity contribution is -0.131. The van der Waals surface area contributed by atoms with Crippen molar-refractivity contribution in [3.8, 4) is 11.3 Å². The molecule has 0 amide bonds. The molecule has 1 N–H and O–H groups in total. The van der Waals surface area contributed by atoms with E-state index in [1.54, 1.807) is 12.3 Å². The average Bonchev–Trinajstić information content (AvgIpc) is 3.11. The van der Waals surface area contributed by atoms with Gasteiger partial charge in [-0.05, 0) is 43.5 Å². The lowest BCUT2D eigenvalue weighted by Gasteiger charge is -2.12. The minimum absolute atomic E-state index is 0.121. The Kier molecular flexibility index (Phi) is 6.83. The molecule has 31 heavy (non-hydrogen) atoms. The Morgan fingerprint density at radius 1 is 1.26 bits per heavy atom. The molecule has 164 valence electrons. The molecule has 2 aromatic heterocycles. The molecule has 0 atom stereocenters. The number of alkyl halides is 3. The van der Waals surface area contributed by atoms with E-state index in [1.165, 1.54) is 0 Å². The van der Waals surface area contributed by atoms with Crippen LogP contribution in [0.3, 0.4) is 0 Å². The molecular weight excluding hydrogens is 403 g/mol. The number of allylic oxidation sites excluding steroid dienone is 1. The molecule has 0 unspecified atom stereocenters. The number of rotatable bonds is 8. The SMILES string of the molecule is C/C=C/c1cc(NCCC(F)(F)F)c2ncc(-c3ccc(C(=O)CCC)c(C)c3)n2c1. The van der Waals surface area contributed by atoms with Crippen molar-refractivity contribution in [1.29, 1.82) is 0 Å². The van der Waals surface area contributed by atoms with Crippen LogP contribution in [0, 0.1) is 6.92 Å². The number of carbonyl (C=O) groups is 1. The quantitative estimate of drug-likeness (QED) is 0.406. The number of pyridine rings is 1. The highest BCUT2D eigenvalue weighted by molar-refractivity contribution is 5.98. The number of Topliss-reactive ketones (excluding diaryl/α,β-unsaturated/α-hetero) is 1. The Hall–Kier alpha value is -3.09. The predicted molar refractivity (Wildman–Crippen MR) is 118 cm³/mol. The number of fused-ring (bicyclic) bond motifs is 1. The van der Waals surface area contributed by atoms with Gasteiger partial charge in [0, 0.05) is 30.3 Å². The fraction of sp³-hybridized carbons (Fsp3) is 0.333. The van der Waals surface area contributed by atoms with Gasteiger partial charge in [-0.2, -0.15) is 13.2 Å². The molecular formula is C24H26F3N3O. The minimum atomic E-state index is -4.22. The first-order valence-electron chi connectivity index (χ1n) is 10.3. The van der Waals surface area contributed by atoms with Gasteiger partial charge in [0.05, 0.1) is 24.0 Å². The van der Waals surface area contributed by atoms with Crippen molar-refractivity contribution in [2.45, 2.75) is 46.2 Å². The largest absolute Gasteiger partial charge is 0.390 e. The zero-order valence-corrected chi connectivity index (χ0v) is 17.9. The number of nitrogens with one attached hydrogen (secondary N) is 1. The summed E-state index contributed by atoms with van der Waals surface area (Å²) in [6, 6.07) is 7.46. The fourth-order valence-electron chi connectivity index (χ4n) is 3.57. The molecule has 0 fully saturated rings. The minimum Gasteiger partial charge on any atom is -0.382 e. The summed E-state index contributed by atoms with van der Waals surface area (Å²) < 4.78 is 39.6. The van der Waals surface area contributed by atoms with Crippen LogP contribution >= 0.6 is 0 Å². The number of halogens is 3. The maximum atomic E-state index is 12.6. The Bertz CT molecular complexity index is 1110. The Labute approximate surface area is 179 Å². The third kappa shape index (κ3) is 5.34. The molecule has 0 aliphatic carbocycles. The zero-order chi connectivity index (χ0) is 22.6. The van der Waals surface area contributed by atoms with Gasteiger partial charge in [0.1, 0.15) is 0 Å². The molecule has 3 rings (SSSR count). The van der Waals surface area contributed by atoms with E-state index in [1.807, 2.05) is 61.7 Å². The van der Waals surface area contributed by atoms with Gasteiger partial charge in [0.15, 0.2) is 11.4 Å². The summed E-state index contributed by atoms with van der Waals surface area (Å²) in [6.07, 6.45) is 3.52. The summed E-state index contributed by atoms with van der Waals surface area (Å²) in [4.78, 5) is 16.8. The average molecular weight is 429 g/mol. The molecule has 4 nitrogen and oxygen atoms in total. The van der Waals surface area contributed by atoms with E-state index in [-0.39, 0.29) is 12.3 Å². The van der Waals surface area contributed by atoms with E-state index in [4.69, 9.17) is 0 Å². The molecule has 0 spiro atoms. The summed E-state index contributed by atoms with van der Waals surface area (Å²) in [5.74, 6) is 0.121. The third-order valence-electron chi connectivity index (χ3n) is 5.01. The Morgan fingerprint density at radius 2 is 2.03 bits per heavy atom. The van der Waals surface area contributed by atoms with Crippen molar-refractivity contribution < 1.29 is 18.0 Å². The van der Waals surface area contributed by atoms with Crippen LogP contribution in [-0.4, -0.2) is 27.9 Å². The van der Waals surface area contributed by atoms with Crippen molar-refractivity contribution in [3.63, 3.8) is 0 Å². The van der Waals surface area contributed by atoms with Crippen LogP contribution in [0.4, 0.5) is 18.9 Å². The van der Waals surface area contributed by atoms with Crippen LogP contribution in [0.1, 0.15) is 54.6 Å². The molecule has 0 bridgehead atoms. The molecule has 3 aromatic rings. The number of benzene rings is 1. The maximum absolute atomic E-state index is 12.6. The van der Waals surface area contributed by atoms with Gasteiger partial charge in [-0.3, -0.25) is 9.20 Å². The van der Waals surface area contributed by atoms with Crippen LogP contribution in [-0.2, 0) is 0 Å². The van der Waals surface area contributed by atoms with Crippen molar-refractivity contribution in [2.75, 3.05) is 11.9 Å². The fourth-order valence-corrected chi connectivity index (χ4v) is 3.57. The molecule has 0 saturated carbocycles. The van der Waals surface area contributed by atoms with Gasteiger partial charge in [-0.1, -0.05) is 31.2 Å². The molecule has 0 radical (unpaired) electrons. The first-order valence-corrected chi connectivity index (χ1v) is 10.3. The Morgan fingerprint density at radius 3 is 2.68 bits per heavy atom. The number of hydrogen-bond acceptors (Lipinski definition) is 3. The van der Waals surface area contributed by atoms with E-state index >= 15 is 0 Å². The third-order valence-corrected chi connectivity index (χ3v) is 5.01. The van der Waals surface area contributed by atoms with Crippen LogP contribution in [0.15, 0.2) is 42.7 Å². The van der Waals surface area contributed by atoms with E-state index in [0.29, 0.717) is 23.3 Å². The monoisotopic (exact) mass is 429 g/mol. The highest BCUT2D eigenvalue weighted by atomic mass is 19.4. The van der Waals surface area contributed by atoms with Crippen molar-refractivity contribution in [3.05, 3.63) is 59.4 Å². The van der Waals surface area contributed by atoms with E-state index in [9.17, 15) is 18.0 Å². The molecule has 1 aromatic carbocycles. The summed E-state index contributed by atoms with van der Waals surface area (Å²) in [7, 11) is 0. The van der Waals surface area contributed by atoms with Gasteiger partial charge >= 0.3 is 6.18 Å². The first-order chi connectivity index (χ1) is 14.7. The number of carbonyl (C=O) groups excluding carboxylic acids is 1. The molecule has 2 heterocycles. The normalized spacial score (nSPS) is 12.1. The first kappa shape index (κ1) is 22.6. The lowest BCUT2D eigenvalue weighted by atomic mass is 9.98. The van der Waals surface area contributed by atoms with Gasteiger partial charge in [0.25, 0.3) is 0 Å². The highest BCUT2D eigenvalue weighted by Crippen LogP contribution is 2.29. The van der Waals surface area contributed by atoms with E-state index < -0.39 is 12.6 Å². The number of aryl methyl sites for hydroxylation is 1. The van der Waals surface area contributed by atoms with Crippen LogP contribution in [0.2, 0.25) is 0 Å². The lowest BCUT2D eigenvalue weighted by Crippen LogP contribution is -2.15. The van der Waals surface area contributed by atoms with Crippen molar-refractivity contribution >= 4 is 23.2 Å². The molecule has 7 heteroatoms. The number of nitrogens with zero attached hydrogens (tertiary/aromatic N) is 2. The smallest absolute Gasteiger partial charge is 0.382 e. The summed E-state index contributed by atoms with van der Waals surface area (Å²) >= 11 is 0. The molecule has 0 saturated heterocycles. The second-order valence-corrected chi connectivity index (χ2v) is 7.52. The number of aromatic nitrogens is 2. The summed E-state index contributed by atoms with van der Waals surface area (Å²) in [5.41, 5.74) is 5.22. The van der Waals surface area contributed by atoms with Gasteiger partial charge in [0.2, 0.25) is 0 Å². The number of imidazole rings is 1. The topological polar surface area (TPSA) is 46.4 Å². The van der Waals surface area contributed by atoms with Gasteiger partial charge in [-0.15, -0.1) is 0 Å². The summed E-state index contributed by atoms with van der Waals surface area (Å²) in [5, 5.41) is 2.88. The number of anilines is 1. The number of ketones is 1. The van der Waals surface area contributed by atoms with Crippen LogP contribution < -0.4 is 5.32 Å². The van der Waals surface area contributed by atoms with Gasteiger partial charge in [-0.25, -0.2) is 4.98 Å².